The van der Waals surface area contributed by atoms with Crippen LogP contribution in [-0.4, -0.2) is 19.3 Å². The summed E-state index contributed by atoms with van der Waals surface area (Å²) in [5.74, 6) is 1.34. The molecular weight excluding hydrogens is 342 g/mol. The highest BCUT2D eigenvalue weighted by molar-refractivity contribution is 7.15. The molecule has 0 aliphatic rings. The fourth-order valence-corrected chi connectivity index (χ4v) is 3.06. The van der Waals surface area contributed by atoms with Crippen molar-refractivity contribution in [3.05, 3.63) is 70.5 Å². The van der Waals surface area contributed by atoms with E-state index < -0.39 is 4.92 Å². The highest BCUT2D eigenvalue weighted by Crippen LogP contribution is 2.32. The summed E-state index contributed by atoms with van der Waals surface area (Å²) >= 11 is 1.33. The highest BCUT2D eigenvalue weighted by Gasteiger charge is 2.23. The zero-order chi connectivity index (χ0) is 17.2. The molecule has 4 aromatic rings. The summed E-state index contributed by atoms with van der Waals surface area (Å²) in [5.41, 5.74) is 0.639. The van der Waals surface area contributed by atoms with Crippen LogP contribution >= 0.6 is 11.3 Å². The van der Waals surface area contributed by atoms with Crippen LogP contribution in [0.3, 0.4) is 0 Å². The third kappa shape index (κ3) is 3.00. The summed E-state index contributed by atoms with van der Waals surface area (Å²) < 4.78 is 7.19. The standard InChI is InChI=1S/C16H11N5O3S/c22-21(23)15-14(19-16-20(15)8-9-25-16)18-11-2-1-3-13(10-11)24-12-4-6-17-7-5-12/h1-10,18H. The molecule has 1 N–H and O–H groups in total. The van der Waals surface area contributed by atoms with Gasteiger partial charge in [-0.15, -0.1) is 0 Å². The highest BCUT2D eigenvalue weighted by atomic mass is 32.1. The summed E-state index contributed by atoms with van der Waals surface area (Å²) in [4.78, 5) is 19.7. The molecule has 1 aromatic carbocycles. The Bertz CT molecular complexity index is 1040. The number of rotatable bonds is 5. The van der Waals surface area contributed by atoms with E-state index in [4.69, 9.17) is 4.74 Å². The van der Waals surface area contributed by atoms with E-state index in [2.05, 4.69) is 15.3 Å². The fraction of sp³-hybridized carbons (Fsp3) is 0. The average Bonchev–Trinajstić information content (AvgIpc) is 3.16. The first kappa shape index (κ1) is 15.1. The van der Waals surface area contributed by atoms with Gasteiger partial charge in [0.1, 0.15) is 17.7 Å². The molecule has 8 nitrogen and oxygen atoms in total. The zero-order valence-corrected chi connectivity index (χ0v) is 13.5. The van der Waals surface area contributed by atoms with Crippen LogP contribution in [0.25, 0.3) is 4.96 Å². The Morgan fingerprint density at radius 3 is 2.84 bits per heavy atom. The van der Waals surface area contributed by atoms with E-state index >= 15 is 0 Å². The number of ether oxygens (including phenoxy) is 1. The van der Waals surface area contributed by atoms with Gasteiger partial charge in [-0.25, -0.2) is 0 Å². The third-order valence-electron chi connectivity index (χ3n) is 3.39. The van der Waals surface area contributed by atoms with Crippen LogP contribution in [0, 0.1) is 10.1 Å². The second kappa shape index (κ2) is 6.21. The van der Waals surface area contributed by atoms with Gasteiger partial charge < -0.3 is 20.2 Å². The van der Waals surface area contributed by atoms with Crippen molar-refractivity contribution in [1.82, 2.24) is 14.4 Å². The Morgan fingerprint density at radius 1 is 1.20 bits per heavy atom. The number of anilines is 2. The summed E-state index contributed by atoms with van der Waals surface area (Å²) in [6.45, 7) is 0. The largest absolute Gasteiger partial charge is 0.457 e. The molecule has 0 bridgehead atoms. The fourth-order valence-electron chi connectivity index (χ4n) is 2.35. The minimum absolute atomic E-state index is 0.100. The van der Waals surface area contributed by atoms with Crippen LogP contribution in [0.2, 0.25) is 0 Å². The van der Waals surface area contributed by atoms with E-state index in [0.717, 1.165) is 0 Å². The normalized spacial score (nSPS) is 10.7. The minimum atomic E-state index is -0.452. The molecule has 0 fully saturated rings. The van der Waals surface area contributed by atoms with Gasteiger partial charge in [-0.05, 0) is 29.2 Å². The Balaban J connectivity index is 1.63. The first-order valence-corrected chi connectivity index (χ1v) is 8.13. The van der Waals surface area contributed by atoms with Crippen LogP contribution in [0.5, 0.6) is 11.5 Å². The molecule has 0 unspecified atom stereocenters. The number of benzene rings is 1. The number of pyridine rings is 1. The molecule has 0 aliphatic carbocycles. The number of aromatic nitrogens is 3. The second-order valence-corrected chi connectivity index (χ2v) is 5.91. The van der Waals surface area contributed by atoms with Gasteiger partial charge in [-0.2, -0.15) is 9.38 Å². The molecular formula is C16H11N5O3S. The smallest absolute Gasteiger partial charge is 0.373 e. The van der Waals surface area contributed by atoms with Crippen LogP contribution in [-0.2, 0) is 0 Å². The molecule has 0 saturated heterocycles. The number of hydrogen-bond donors (Lipinski definition) is 1. The van der Waals surface area contributed by atoms with E-state index in [1.165, 1.54) is 15.7 Å². The lowest BCUT2D eigenvalue weighted by molar-refractivity contribution is -0.389. The lowest BCUT2D eigenvalue weighted by Gasteiger charge is -2.08. The van der Waals surface area contributed by atoms with Gasteiger partial charge in [0.05, 0.1) is 0 Å². The maximum absolute atomic E-state index is 11.4. The van der Waals surface area contributed by atoms with E-state index in [-0.39, 0.29) is 11.6 Å². The van der Waals surface area contributed by atoms with Crippen molar-refractivity contribution in [3.8, 4) is 11.5 Å². The van der Waals surface area contributed by atoms with Crippen LogP contribution in [0.15, 0.2) is 60.4 Å². The SMILES string of the molecule is O=[N+]([O-])c1c(Nc2cccc(Oc3ccncc3)c2)nc2sccn12. The predicted octanol–water partition coefficient (Wildman–Crippen LogP) is 4.23. The minimum Gasteiger partial charge on any atom is -0.457 e. The Morgan fingerprint density at radius 2 is 2.04 bits per heavy atom. The predicted molar refractivity (Wildman–Crippen MR) is 93.8 cm³/mol. The van der Waals surface area contributed by atoms with Gasteiger partial charge in [0.2, 0.25) is 5.82 Å². The van der Waals surface area contributed by atoms with Crippen LogP contribution in [0.1, 0.15) is 0 Å². The third-order valence-corrected chi connectivity index (χ3v) is 4.15. The molecule has 3 aromatic heterocycles. The van der Waals surface area contributed by atoms with E-state index in [1.807, 2.05) is 0 Å². The lowest BCUT2D eigenvalue weighted by Crippen LogP contribution is -1.98. The Kier molecular flexibility index (Phi) is 3.75. The zero-order valence-electron chi connectivity index (χ0n) is 12.7. The molecule has 124 valence electrons. The molecule has 0 atom stereocenters. The number of nitrogens with zero attached hydrogens (tertiary/aromatic N) is 4. The Hall–Kier alpha value is -3.46. The van der Waals surface area contributed by atoms with Gasteiger partial charge >= 0.3 is 5.82 Å². The Labute approximate surface area is 145 Å². The molecule has 0 aliphatic heterocycles. The molecule has 0 amide bonds. The van der Waals surface area contributed by atoms with Crippen LogP contribution in [0.4, 0.5) is 17.3 Å². The molecule has 0 saturated carbocycles. The van der Waals surface area contributed by atoms with Crippen molar-refractivity contribution < 1.29 is 9.66 Å². The van der Waals surface area contributed by atoms with Crippen molar-refractivity contribution in [1.29, 1.82) is 0 Å². The topological polar surface area (TPSA) is 94.6 Å². The van der Waals surface area contributed by atoms with Gasteiger partial charge in [-0.1, -0.05) is 17.4 Å². The molecule has 0 spiro atoms. The average molecular weight is 353 g/mol. The van der Waals surface area contributed by atoms with Crippen molar-refractivity contribution >= 4 is 33.6 Å². The van der Waals surface area contributed by atoms with Crippen molar-refractivity contribution in [3.63, 3.8) is 0 Å². The summed E-state index contributed by atoms with van der Waals surface area (Å²) in [6, 6.07) is 10.6. The summed E-state index contributed by atoms with van der Waals surface area (Å²) in [5, 5.41) is 16.1. The second-order valence-electron chi connectivity index (χ2n) is 5.03. The van der Waals surface area contributed by atoms with Crippen molar-refractivity contribution in [2.45, 2.75) is 0 Å². The quantitative estimate of drug-likeness (QED) is 0.426. The van der Waals surface area contributed by atoms with Gasteiger partial charge in [0.25, 0.3) is 4.96 Å². The maximum atomic E-state index is 11.4. The first-order chi connectivity index (χ1) is 12.2. The number of hydrogen-bond acceptors (Lipinski definition) is 7. The van der Waals surface area contributed by atoms with Crippen LogP contribution < -0.4 is 10.1 Å². The summed E-state index contributed by atoms with van der Waals surface area (Å²) in [6.07, 6.45) is 4.90. The molecule has 9 heteroatoms. The number of thiazole rings is 1. The monoisotopic (exact) mass is 353 g/mol. The lowest BCUT2D eigenvalue weighted by atomic mass is 10.3. The molecule has 4 rings (SSSR count). The van der Waals surface area contributed by atoms with Gasteiger partial charge in [0, 0.05) is 29.5 Å². The van der Waals surface area contributed by atoms with E-state index in [0.29, 0.717) is 22.1 Å². The van der Waals surface area contributed by atoms with Crippen molar-refractivity contribution in [2.75, 3.05) is 5.32 Å². The first-order valence-electron chi connectivity index (χ1n) is 7.25. The van der Waals surface area contributed by atoms with Crippen molar-refractivity contribution in [2.24, 2.45) is 0 Å². The number of nitro groups is 1. The molecule has 3 heterocycles. The maximum Gasteiger partial charge on any atom is 0.373 e. The van der Waals surface area contributed by atoms with Gasteiger partial charge in [-0.3, -0.25) is 4.98 Å². The number of fused-ring (bicyclic) bond motifs is 1. The van der Waals surface area contributed by atoms with Gasteiger partial charge in [0.15, 0.2) is 0 Å². The number of nitrogens with one attached hydrogen (secondary N) is 1. The van der Waals surface area contributed by atoms with E-state index in [9.17, 15) is 10.1 Å². The molecule has 25 heavy (non-hydrogen) atoms. The van der Waals surface area contributed by atoms with E-state index in [1.54, 1.807) is 60.4 Å². The number of imidazole rings is 1. The summed E-state index contributed by atoms with van der Waals surface area (Å²) in [7, 11) is 0. The molecule has 0 radical (unpaired) electrons.